The van der Waals surface area contributed by atoms with E-state index in [-0.39, 0.29) is 16.9 Å². The number of amides is 1. The van der Waals surface area contributed by atoms with E-state index in [1.165, 1.54) is 30.3 Å². The zero-order valence-electron chi connectivity index (χ0n) is 11.1. The van der Waals surface area contributed by atoms with Crippen LogP contribution in [0.5, 0.6) is 0 Å². The molecule has 21 heavy (non-hydrogen) atoms. The quantitative estimate of drug-likeness (QED) is 0.515. The number of carbonyl (C=O) groups is 1. The highest BCUT2D eigenvalue weighted by atomic mass is 19.1. The average Bonchev–Trinajstić information content (AvgIpc) is 2.42. The van der Waals surface area contributed by atoms with Gasteiger partial charge in [0.2, 0.25) is 0 Å². The highest BCUT2D eigenvalue weighted by Crippen LogP contribution is 2.27. The van der Waals surface area contributed by atoms with E-state index in [9.17, 15) is 19.3 Å². The largest absolute Gasteiger partial charge is 0.393 e. The average molecular weight is 289 g/mol. The predicted molar refractivity (Wildman–Crippen MR) is 76.6 cm³/mol. The fraction of sp³-hybridized carbons (Fsp3) is 0.0714. The summed E-state index contributed by atoms with van der Waals surface area (Å²) in [5.41, 5.74) is 5.17. The standard InChI is InChI=1S/C14H12FN3O3/c1-8-4-2-6-10(15)12(8)17-14(19)9-5-3-7-11(16)13(9)18(20)21/h2-7H,16H2,1H3,(H,17,19). The number of carbonyl (C=O) groups excluding carboxylic acids is 1. The Hall–Kier alpha value is -2.96. The van der Waals surface area contributed by atoms with Crippen LogP contribution in [0.3, 0.4) is 0 Å². The summed E-state index contributed by atoms with van der Waals surface area (Å²) >= 11 is 0. The second-order valence-electron chi connectivity index (χ2n) is 4.39. The van der Waals surface area contributed by atoms with Crippen molar-refractivity contribution in [3.8, 4) is 0 Å². The van der Waals surface area contributed by atoms with E-state index < -0.39 is 22.3 Å². The maximum atomic E-state index is 13.7. The van der Waals surface area contributed by atoms with Crippen molar-refractivity contribution in [1.82, 2.24) is 0 Å². The number of nitro benzene ring substituents is 1. The molecule has 0 aliphatic heterocycles. The molecule has 108 valence electrons. The number of hydrogen-bond donors (Lipinski definition) is 2. The van der Waals surface area contributed by atoms with Crippen LogP contribution >= 0.6 is 0 Å². The molecule has 7 heteroatoms. The number of para-hydroxylation sites is 2. The molecule has 6 nitrogen and oxygen atoms in total. The zero-order chi connectivity index (χ0) is 15.6. The number of nitrogens with zero attached hydrogens (tertiary/aromatic N) is 1. The molecular weight excluding hydrogens is 277 g/mol. The van der Waals surface area contributed by atoms with Gasteiger partial charge in [0.25, 0.3) is 5.91 Å². The summed E-state index contributed by atoms with van der Waals surface area (Å²) in [6, 6.07) is 8.32. The Balaban J connectivity index is 2.43. The van der Waals surface area contributed by atoms with Gasteiger partial charge in [0.15, 0.2) is 0 Å². The predicted octanol–water partition coefficient (Wildman–Crippen LogP) is 2.88. The molecule has 0 aromatic heterocycles. The lowest BCUT2D eigenvalue weighted by atomic mass is 10.1. The van der Waals surface area contributed by atoms with Crippen molar-refractivity contribution in [3.63, 3.8) is 0 Å². The Morgan fingerprint density at radius 3 is 2.57 bits per heavy atom. The van der Waals surface area contributed by atoms with Crippen LogP contribution in [-0.4, -0.2) is 10.8 Å². The number of benzene rings is 2. The molecule has 2 rings (SSSR count). The number of halogens is 1. The number of nitrogen functional groups attached to an aromatic ring is 1. The molecule has 0 heterocycles. The van der Waals surface area contributed by atoms with Gasteiger partial charge in [-0.15, -0.1) is 0 Å². The third kappa shape index (κ3) is 2.81. The van der Waals surface area contributed by atoms with E-state index in [1.54, 1.807) is 13.0 Å². The van der Waals surface area contributed by atoms with Gasteiger partial charge in [-0.3, -0.25) is 14.9 Å². The normalized spacial score (nSPS) is 10.2. The summed E-state index contributed by atoms with van der Waals surface area (Å²) in [5, 5.41) is 13.3. The summed E-state index contributed by atoms with van der Waals surface area (Å²) < 4.78 is 13.7. The summed E-state index contributed by atoms with van der Waals surface area (Å²) in [4.78, 5) is 22.4. The maximum absolute atomic E-state index is 13.7. The maximum Gasteiger partial charge on any atom is 0.304 e. The summed E-state index contributed by atoms with van der Waals surface area (Å²) in [7, 11) is 0. The van der Waals surface area contributed by atoms with Gasteiger partial charge in [0, 0.05) is 0 Å². The van der Waals surface area contributed by atoms with Crippen LogP contribution in [0.4, 0.5) is 21.5 Å². The lowest BCUT2D eigenvalue weighted by molar-refractivity contribution is -0.384. The van der Waals surface area contributed by atoms with Gasteiger partial charge in [0.05, 0.1) is 10.6 Å². The number of nitrogens with two attached hydrogens (primary N) is 1. The molecule has 0 saturated heterocycles. The molecule has 2 aromatic rings. The van der Waals surface area contributed by atoms with Crippen LogP contribution in [-0.2, 0) is 0 Å². The van der Waals surface area contributed by atoms with E-state index in [1.807, 2.05) is 0 Å². The number of aryl methyl sites for hydroxylation is 1. The number of anilines is 2. The van der Waals surface area contributed by atoms with Gasteiger partial charge in [-0.05, 0) is 30.7 Å². The molecule has 0 unspecified atom stereocenters. The molecule has 0 aliphatic rings. The van der Waals surface area contributed by atoms with Crippen LogP contribution < -0.4 is 11.1 Å². The molecule has 3 N–H and O–H groups in total. The highest BCUT2D eigenvalue weighted by molar-refractivity contribution is 6.08. The minimum absolute atomic E-state index is 0.0146. The van der Waals surface area contributed by atoms with E-state index in [0.717, 1.165) is 0 Å². The fourth-order valence-electron chi connectivity index (χ4n) is 1.92. The third-order valence-corrected chi connectivity index (χ3v) is 2.95. The number of nitrogens with one attached hydrogen (secondary N) is 1. The number of rotatable bonds is 3. The van der Waals surface area contributed by atoms with Gasteiger partial charge in [-0.25, -0.2) is 4.39 Å². The van der Waals surface area contributed by atoms with Crippen LogP contribution in [0.2, 0.25) is 0 Å². The van der Waals surface area contributed by atoms with Gasteiger partial charge in [-0.1, -0.05) is 18.2 Å². The summed E-state index contributed by atoms with van der Waals surface area (Å²) in [6.45, 7) is 1.62. The van der Waals surface area contributed by atoms with Crippen LogP contribution in [0, 0.1) is 22.9 Å². The Kier molecular flexibility index (Phi) is 3.84. The first-order valence-corrected chi connectivity index (χ1v) is 6.01. The van der Waals surface area contributed by atoms with Gasteiger partial charge >= 0.3 is 5.69 Å². The number of nitro groups is 1. The third-order valence-electron chi connectivity index (χ3n) is 2.95. The second-order valence-corrected chi connectivity index (χ2v) is 4.39. The lowest BCUT2D eigenvalue weighted by Gasteiger charge is -2.10. The van der Waals surface area contributed by atoms with E-state index >= 15 is 0 Å². The van der Waals surface area contributed by atoms with Crippen LogP contribution in [0.25, 0.3) is 0 Å². The van der Waals surface area contributed by atoms with Gasteiger partial charge in [0.1, 0.15) is 17.1 Å². The van der Waals surface area contributed by atoms with E-state index in [4.69, 9.17) is 5.73 Å². The van der Waals surface area contributed by atoms with Crippen molar-refractivity contribution < 1.29 is 14.1 Å². The summed E-state index contributed by atoms with van der Waals surface area (Å²) in [5.74, 6) is -1.41. The Labute approximate surface area is 119 Å². The molecule has 0 fully saturated rings. The second kappa shape index (κ2) is 5.58. The highest BCUT2D eigenvalue weighted by Gasteiger charge is 2.24. The first-order valence-electron chi connectivity index (χ1n) is 6.01. The molecule has 2 aromatic carbocycles. The molecule has 0 saturated carbocycles. The molecule has 0 spiro atoms. The van der Waals surface area contributed by atoms with Crippen molar-refractivity contribution in [2.24, 2.45) is 0 Å². The monoisotopic (exact) mass is 289 g/mol. The molecule has 0 radical (unpaired) electrons. The van der Waals surface area contributed by atoms with Crippen molar-refractivity contribution in [2.75, 3.05) is 11.1 Å². The van der Waals surface area contributed by atoms with E-state index in [0.29, 0.717) is 5.56 Å². The first-order chi connectivity index (χ1) is 9.91. The van der Waals surface area contributed by atoms with E-state index in [2.05, 4.69) is 5.32 Å². The minimum Gasteiger partial charge on any atom is -0.393 e. The van der Waals surface area contributed by atoms with Crippen molar-refractivity contribution in [1.29, 1.82) is 0 Å². The summed E-state index contributed by atoms with van der Waals surface area (Å²) in [6.07, 6.45) is 0. The minimum atomic E-state index is -0.790. The lowest BCUT2D eigenvalue weighted by Crippen LogP contribution is -2.16. The van der Waals surface area contributed by atoms with Crippen molar-refractivity contribution in [3.05, 3.63) is 63.5 Å². The molecule has 0 bridgehead atoms. The smallest absolute Gasteiger partial charge is 0.304 e. The Morgan fingerprint density at radius 2 is 1.95 bits per heavy atom. The SMILES string of the molecule is Cc1cccc(F)c1NC(=O)c1cccc(N)c1[N+](=O)[O-]. The zero-order valence-corrected chi connectivity index (χ0v) is 11.1. The van der Waals surface area contributed by atoms with Crippen LogP contribution in [0.1, 0.15) is 15.9 Å². The number of hydrogen-bond acceptors (Lipinski definition) is 4. The van der Waals surface area contributed by atoms with Gasteiger partial charge < -0.3 is 11.1 Å². The molecule has 0 aliphatic carbocycles. The molecular formula is C14H12FN3O3. The fourth-order valence-corrected chi connectivity index (χ4v) is 1.92. The first kappa shape index (κ1) is 14.4. The Morgan fingerprint density at radius 1 is 1.29 bits per heavy atom. The molecule has 1 amide bonds. The van der Waals surface area contributed by atoms with Crippen LogP contribution in [0.15, 0.2) is 36.4 Å². The topological polar surface area (TPSA) is 98.3 Å². The Bertz CT molecular complexity index is 711. The van der Waals surface area contributed by atoms with Gasteiger partial charge in [-0.2, -0.15) is 0 Å². The van der Waals surface area contributed by atoms with Crippen molar-refractivity contribution >= 4 is 23.0 Å². The van der Waals surface area contributed by atoms with Crippen molar-refractivity contribution in [2.45, 2.75) is 6.92 Å². The molecule has 0 atom stereocenters.